The van der Waals surface area contributed by atoms with Crippen LogP contribution in [0.5, 0.6) is 5.75 Å². The van der Waals surface area contributed by atoms with Crippen molar-refractivity contribution in [2.24, 2.45) is 0 Å². The van der Waals surface area contributed by atoms with Crippen LogP contribution in [0.25, 0.3) is 0 Å². The van der Waals surface area contributed by atoms with Crippen molar-refractivity contribution in [3.63, 3.8) is 0 Å². The second kappa shape index (κ2) is 4.71. The van der Waals surface area contributed by atoms with Crippen molar-refractivity contribution in [3.8, 4) is 5.75 Å². The van der Waals surface area contributed by atoms with E-state index in [-0.39, 0.29) is 0 Å². The fraction of sp³-hybridized carbons (Fsp3) is 0.143. The van der Waals surface area contributed by atoms with E-state index >= 15 is 0 Å². The van der Waals surface area contributed by atoms with Gasteiger partial charge in [-0.2, -0.15) is 0 Å². The molecule has 0 saturated carbocycles. The zero-order valence-corrected chi connectivity index (χ0v) is 10.7. The van der Waals surface area contributed by atoms with Crippen LogP contribution in [0.15, 0.2) is 46.9 Å². The second-order valence-electron chi connectivity index (χ2n) is 3.85. The number of aromatic hydroxyl groups is 1. The summed E-state index contributed by atoms with van der Waals surface area (Å²) in [5, 5.41) is 9.93. The van der Waals surface area contributed by atoms with E-state index in [2.05, 4.69) is 22.0 Å². The maximum Gasteiger partial charge on any atom is 0.122 e. The summed E-state index contributed by atoms with van der Waals surface area (Å²) >= 11 is 3.52. The van der Waals surface area contributed by atoms with Gasteiger partial charge in [0.15, 0.2) is 0 Å². The number of phenolic OH excluding ortho intramolecular Hbond substituents is 1. The monoisotopic (exact) mass is 276 g/mol. The SMILES string of the molecule is Cc1cccc(Cc2ccccc2Br)c1O. The molecule has 2 rings (SSSR count). The number of hydrogen-bond acceptors (Lipinski definition) is 1. The molecule has 0 heterocycles. The molecule has 0 bridgehead atoms. The number of benzene rings is 2. The largest absolute Gasteiger partial charge is 0.507 e. The third-order valence-electron chi connectivity index (χ3n) is 2.66. The van der Waals surface area contributed by atoms with Crippen molar-refractivity contribution in [1.82, 2.24) is 0 Å². The lowest BCUT2D eigenvalue weighted by Crippen LogP contribution is -1.91. The van der Waals surface area contributed by atoms with Crippen molar-refractivity contribution < 1.29 is 5.11 Å². The minimum absolute atomic E-state index is 0.401. The van der Waals surface area contributed by atoms with Gasteiger partial charge in [-0.1, -0.05) is 52.3 Å². The van der Waals surface area contributed by atoms with Crippen LogP contribution in [-0.2, 0) is 6.42 Å². The Hall–Kier alpha value is -1.28. The third-order valence-corrected chi connectivity index (χ3v) is 3.43. The zero-order valence-electron chi connectivity index (χ0n) is 9.07. The first kappa shape index (κ1) is 11.2. The summed E-state index contributed by atoms with van der Waals surface area (Å²) in [6.45, 7) is 1.92. The van der Waals surface area contributed by atoms with Crippen LogP contribution in [0.3, 0.4) is 0 Å². The summed E-state index contributed by atoms with van der Waals surface area (Å²) in [4.78, 5) is 0. The van der Waals surface area contributed by atoms with Gasteiger partial charge in [-0.25, -0.2) is 0 Å². The molecule has 0 saturated heterocycles. The van der Waals surface area contributed by atoms with Gasteiger partial charge in [0.05, 0.1) is 0 Å². The lowest BCUT2D eigenvalue weighted by atomic mass is 10.0. The van der Waals surface area contributed by atoms with Crippen molar-refractivity contribution in [1.29, 1.82) is 0 Å². The van der Waals surface area contributed by atoms with E-state index in [0.29, 0.717) is 5.75 Å². The molecule has 1 N–H and O–H groups in total. The molecule has 0 radical (unpaired) electrons. The quantitative estimate of drug-likeness (QED) is 0.877. The molecule has 2 heteroatoms. The highest BCUT2D eigenvalue weighted by molar-refractivity contribution is 9.10. The van der Waals surface area contributed by atoms with Crippen molar-refractivity contribution in [2.75, 3.05) is 0 Å². The first-order chi connectivity index (χ1) is 7.68. The van der Waals surface area contributed by atoms with E-state index in [1.54, 1.807) is 0 Å². The zero-order chi connectivity index (χ0) is 11.5. The number of halogens is 1. The van der Waals surface area contributed by atoms with Gasteiger partial charge in [-0.05, 0) is 29.7 Å². The van der Waals surface area contributed by atoms with Gasteiger partial charge in [0.25, 0.3) is 0 Å². The molecule has 0 spiro atoms. The Balaban J connectivity index is 2.35. The molecule has 0 amide bonds. The van der Waals surface area contributed by atoms with Gasteiger partial charge in [0.1, 0.15) is 5.75 Å². The molecule has 0 atom stereocenters. The maximum absolute atomic E-state index is 9.93. The minimum Gasteiger partial charge on any atom is -0.507 e. The van der Waals surface area contributed by atoms with Crippen molar-refractivity contribution >= 4 is 15.9 Å². The molecule has 2 aromatic carbocycles. The number of aryl methyl sites for hydroxylation is 1. The van der Waals surface area contributed by atoms with Crippen LogP contribution in [0, 0.1) is 6.92 Å². The minimum atomic E-state index is 0.401. The number of hydrogen-bond donors (Lipinski definition) is 1. The summed E-state index contributed by atoms with van der Waals surface area (Å²) < 4.78 is 1.08. The lowest BCUT2D eigenvalue weighted by Gasteiger charge is -2.08. The summed E-state index contributed by atoms with van der Waals surface area (Å²) in [5.74, 6) is 0.401. The second-order valence-corrected chi connectivity index (χ2v) is 4.71. The molecule has 1 nitrogen and oxygen atoms in total. The van der Waals surface area contributed by atoms with E-state index < -0.39 is 0 Å². The fourth-order valence-corrected chi connectivity index (χ4v) is 2.13. The molecule has 0 aliphatic carbocycles. The van der Waals surface area contributed by atoms with Gasteiger partial charge in [-0.3, -0.25) is 0 Å². The third kappa shape index (κ3) is 2.27. The molecule has 0 aromatic heterocycles. The summed E-state index contributed by atoms with van der Waals surface area (Å²) in [7, 11) is 0. The number of phenols is 1. The molecular weight excluding hydrogens is 264 g/mol. The number of para-hydroxylation sites is 1. The standard InChI is InChI=1S/C14H13BrO/c1-10-5-4-7-12(14(10)16)9-11-6-2-3-8-13(11)15/h2-8,16H,9H2,1H3. The Morgan fingerprint density at radius 3 is 2.44 bits per heavy atom. The highest BCUT2D eigenvalue weighted by Crippen LogP contribution is 2.26. The first-order valence-electron chi connectivity index (χ1n) is 5.19. The van der Waals surface area contributed by atoms with Crippen LogP contribution in [0.2, 0.25) is 0 Å². The molecule has 0 aliphatic rings. The molecule has 0 fully saturated rings. The Bertz CT molecular complexity index is 506. The van der Waals surface area contributed by atoms with Crippen molar-refractivity contribution in [2.45, 2.75) is 13.3 Å². The van der Waals surface area contributed by atoms with E-state index in [0.717, 1.165) is 22.0 Å². The normalized spacial score (nSPS) is 10.4. The van der Waals surface area contributed by atoms with Gasteiger partial charge < -0.3 is 5.11 Å². The Morgan fingerprint density at radius 2 is 1.69 bits per heavy atom. The fourth-order valence-electron chi connectivity index (χ4n) is 1.71. The molecular formula is C14H13BrO. The molecule has 82 valence electrons. The molecule has 16 heavy (non-hydrogen) atoms. The molecule has 0 aliphatic heterocycles. The van der Waals surface area contributed by atoms with E-state index in [9.17, 15) is 5.11 Å². The average molecular weight is 277 g/mol. The highest BCUT2D eigenvalue weighted by atomic mass is 79.9. The predicted molar refractivity (Wildman–Crippen MR) is 69.8 cm³/mol. The smallest absolute Gasteiger partial charge is 0.122 e. The van der Waals surface area contributed by atoms with Gasteiger partial charge in [0.2, 0.25) is 0 Å². The van der Waals surface area contributed by atoms with Gasteiger partial charge in [0, 0.05) is 10.9 Å². The van der Waals surface area contributed by atoms with Crippen molar-refractivity contribution in [3.05, 3.63) is 63.6 Å². The van der Waals surface area contributed by atoms with Crippen LogP contribution < -0.4 is 0 Å². The topological polar surface area (TPSA) is 20.2 Å². The first-order valence-corrected chi connectivity index (χ1v) is 5.98. The Morgan fingerprint density at radius 1 is 1.00 bits per heavy atom. The van der Waals surface area contributed by atoms with Crippen LogP contribution in [0.1, 0.15) is 16.7 Å². The van der Waals surface area contributed by atoms with E-state index in [1.165, 1.54) is 5.56 Å². The van der Waals surface area contributed by atoms with Crippen LogP contribution in [-0.4, -0.2) is 5.11 Å². The Labute approximate surface area is 104 Å². The summed E-state index contributed by atoms with van der Waals surface area (Å²) in [6.07, 6.45) is 0.745. The Kier molecular flexibility index (Phi) is 3.30. The van der Waals surface area contributed by atoms with E-state index in [4.69, 9.17) is 0 Å². The average Bonchev–Trinajstić information content (AvgIpc) is 2.28. The lowest BCUT2D eigenvalue weighted by molar-refractivity contribution is 0.465. The van der Waals surface area contributed by atoms with Gasteiger partial charge >= 0.3 is 0 Å². The van der Waals surface area contributed by atoms with Gasteiger partial charge in [-0.15, -0.1) is 0 Å². The number of rotatable bonds is 2. The maximum atomic E-state index is 9.93. The summed E-state index contributed by atoms with van der Waals surface area (Å²) in [6, 6.07) is 13.9. The van der Waals surface area contributed by atoms with Crippen LogP contribution in [0.4, 0.5) is 0 Å². The van der Waals surface area contributed by atoms with Crippen LogP contribution >= 0.6 is 15.9 Å². The van der Waals surface area contributed by atoms with E-state index in [1.807, 2.05) is 43.3 Å². The highest BCUT2D eigenvalue weighted by Gasteiger charge is 2.06. The molecule has 2 aromatic rings. The molecule has 0 unspecified atom stereocenters. The summed E-state index contributed by atoms with van der Waals surface area (Å²) in [5.41, 5.74) is 3.07. The predicted octanol–water partition coefficient (Wildman–Crippen LogP) is 4.05.